The molecule has 0 fully saturated rings. The number of nitrogens with zero attached hydrogens (tertiary/aromatic N) is 5. The van der Waals surface area contributed by atoms with Gasteiger partial charge in [0.25, 0.3) is 11.8 Å². The molecule has 0 aliphatic carbocycles. The molecule has 8 nitrogen and oxygen atoms in total. The van der Waals surface area contributed by atoms with Gasteiger partial charge in [0, 0.05) is 30.1 Å². The SMILES string of the molecule is C[C@@H]1Cc2nn3c(c2CN1C(=O)c1ccc(Cl)c(C#N)c1)C(=O)N([C@H](C)c1ccc(OC(F)F)cc1)C[C@H]3C. The number of aromatic nitrogens is 2. The average Bonchev–Trinajstić information content (AvgIpc) is 3.29. The fraction of sp³-hybridized carbons (Fsp3) is 0.357. The minimum Gasteiger partial charge on any atom is -0.435 e. The molecule has 39 heavy (non-hydrogen) atoms. The first-order valence-corrected chi connectivity index (χ1v) is 12.9. The molecule has 0 radical (unpaired) electrons. The van der Waals surface area contributed by atoms with E-state index < -0.39 is 6.61 Å². The van der Waals surface area contributed by atoms with E-state index in [0.717, 1.165) is 11.3 Å². The van der Waals surface area contributed by atoms with Gasteiger partial charge in [0.2, 0.25) is 0 Å². The van der Waals surface area contributed by atoms with Crippen molar-refractivity contribution in [3.8, 4) is 11.8 Å². The summed E-state index contributed by atoms with van der Waals surface area (Å²) in [5.41, 5.74) is 3.30. The quantitative estimate of drug-likeness (QED) is 0.423. The minimum absolute atomic E-state index is 0.0490. The highest BCUT2D eigenvalue weighted by Gasteiger charge is 2.40. The van der Waals surface area contributed by atoms with Gasteiger partial charge in [0.05, 0.1) is 34.9 Å². The number of fused-ring (bicyclic) bond motifs is 3. The van der Waals surface area contributed by atoms with Crippen LogP contribution in [-0.4, -0.2) is 50.6 Å². The second kappa shape index (κ2) is 10.3. The molecule has 202 valence electrons. The molecular formula is C28H26ClF2N5O3. The number of rotatable bonds is 5. The number of ether oxygens (including phenoxy) is 1. The molecule has 2 aliphatic rings. The van der Waals surface area contributed by atoms with Crippen molar-refractivity contribution in [1.29, 1.82) is 5.26 Å². The van der Waals surface area contributed by atoms with Crippen molar-refractivity contribution in [2.75, 3.05) is 6.54 Å². The summed E-state index contributed by atoms with van der Waals surface area (Å²) in [4.78, 5) is 30.8. The lowest BCUT2D eigenvalue weighted by Crippen LogP contribution is -2.45. The summed E-state index contributed by atoms with van der Waals surface area (Å²) >= 11 is 6.05. The highest BCUT2D eigenvalue weighted by atomic mass is 35.5. The van der Waals surface area contributed by atoms with Crippen LogP contribution in [0.3, 0.4) is 0 Å². The van der Waals surface area contributed by atoms with Crippen LogP contribution in [-0.2, 0) is 13.0 Å². The number of carbonyl (C=O) groups is 2. The average molecular weight is 554 g/mol. The van der Waals surface area contributed by atoms with E-state index in [9.17, 15) is 23.6 Å². The van der Waals surface area contributed by atoms with E-state index in [-0.39, 0.29) is 52.8 Å². The number of nitriles is 1. The van der Waals surface area contributed by atoms with Crippen molar-refractivity contribution >= 4 is 23.4 Å². The minimum atomic E-state index is -2.91. The van der Waals surface area contributed by atoms with E-state index in [4.69, 9.17) is 16.7 Å². The van der Waals surface area contributed by atoms with Gasteiger partial charge in [-0.1, -0.05) is 23.7 Å². The molecule has 0 unspecified atom stereocenters. The Morgan fingerprint density at radius 2 is 1.90 bits per heavy atom. The number of carbonyl (C=O) groups excluding carboxylic acids is 2. The van der Waals surface area contributed by atoms with Gasteiger partial charge in [-0.05, 0) is 56.7 Å². The molecule has 0 N–H and O–H groups in total. The van der Waals surface area contributed by atoms with Crippen molar-refractivity contribution in [2.24, 2.45) is 0 Å². The number of benzene rings is 2. The van der Waals surface area contributed by atoms with Gasteiger partial charge >= 0.3 is 6.61 Å². The number of amides is 2. The zero-order chi connectivity index (χ0) is 28.0. The van der Waals surface area contributed by atoms with Crippen LogP contribution in [0.4, 0.5) is 8.78 Å². The molecule has 2 aromatic carbocycles. The first-order chi connectivity index (χ1) is 18.6. The van der Waals surface area contributed by atoms with E-state index in [1.54, 1.807) is 32.7 Å². The lowest BCUT2D eigenvalue weighted by molar-refractivity contribution is -0.0498. The van der Waals surface area contributed by atoms with Gasteiger partial charge < -0.3 is 14.5 Å². The Balaban J connectivity index is 1.43. The Hall–Kier alpha value is -3.97. The maximum absolute atomic E-state index is 13.9. The van der Waals surface area contributed by atoms with Crippen molar-refractivity contribution in [2.45, 2.75) is 58.5 Å². The van der Waals surface area contributed by atoms with Crippen molar-refractivity contribution in [3.05, 3.63) is 81.1 Å². The highest BCUT2D eigenvalue weighted by molar-refractivity contribution is 6.31. The fourth-order valence-corrected chi connectivity index (χ4v) is 5.47. The topological polar surface area (TPSA) is 91.5 Å². The number of hydrogen-bond donors (Lipinski definition) is 0. The Morgan fingerprint density at radius 3 is 2.56 bits per heavy atom. The zero-order valence-corrected chi connectivity index (χ0v) is 22.3. The maximum Gasteiger partial charge on any atom is 0.387 e. The van der Waals surface area contributed by atoms with Gasteiger partial charge in [-0.15, -0.1) is 0 Å². The van der Waals surface area contributed by atoms with E-state index in [1.807, 2.05) is 26.8 Å². The second-order valence-electron chi connectivity index (χ2n) is 9.94. The van der Waals surface area contributed by atoms with E-state index in [2.05, 4.69) is 4.74 Å². The zero-order valence-electron chi connectivity index (χ0n) is 21.6. The Kier molecular flexibility index (Phi) is 7.03. The van der Waals surface area contributed by atoms with Crippen molar-refractivity contribution < 1.29 is 23.1 Å². The molecule has 3 atom stereocenters. The monoisotopic (exact) mass is 553 g/mol. The van der Waals surface area contributed by atoms with E-state index in [1.165, 1.54) is 24.3 Å². The van der Waals surface area contributed by atoms with Crippen LogP contribution in [0.1, 0.15) is 76.1 Å². The number of alkyl halides is 2. The van der Waals surface area contributed by atoms with Crippen molar-refractivity contribution in [3.63, 3.8) is 0 Å². The van der Waals surface area contributed by atoms with Crippen LogP contribution < -0.4 is 4.74 Å². The molecule has 5 rings (SSSR count). The molecule has 11 heteroatoms. The van der Waals surface area contributed by atoms with E-state index in [0.29, 0.717) is 29.8 Å². The van der Waals surface area contributed by atoms with Gasteiger partial charge in [-0.25, -0.2) is 0 Å². The molecule has 0 saturated heterocycles. The number of halogens is 3. The summed E-state index contributed by atoms with van der Waals surface area (Å²) in [5.74, 6) is -0.413. The predicted octanol–water partition coefficient (Wildman–Crippen LogP) is 5.37. The summed E-state index contributed by atoms with van der Waals surface area (Å²) in [7, 11) is 0. The summed E-state index contributed by atoms with van der Waals surface area (Å²) in [5, 5.41) is 14.4. The number of hydrogen-bond acceptors (Lipinski definition) is 5. The largest absolute Gasteiger partial charge is 0.435 e. The van der Waals surface area contributed by atoms with Crippen molar-refractivity contribution in [1.82, 2.24) is 19.6 Å². The molecular weight excluding hydrogens is 528 g/mol. The first-order valence-electron chi connectivity index (χ1n) is 12.6. The van der Waals surface area contributed by atoms with Gasteiger partial charge in [-0.3, -0.25) is 14.3 Å². The Labute approximate surface area is 229 Å². The standard InChI is InChI=1S/C28H26ClF2N5O3/c1-15-10-24-22(14-34(15)26(37)19-6-9-23(29)20(11-19)12-32)25-27(38)35(13-16(2)36(25)33-24)17(3)18-4-7-21(8-5-18)39-28(30)31/h4-9,11,15-17,28H,10,13-14H2,1-3H3/t15-,16-,17-/m1/s1. The first kappa shape index (κ1) is 26.6. The Morgan fingerprint density at radius 1 is 1.18 bits per heavy atom. The van der Waals surface area contributed by atoms with Crippen LogP contribution in [0.2, 0.25) is 5.02 Å². The van der Waals surface area contributed by atoms with Crippen LogP contribution in [0.15, 0.2) is 42.5 Å². The third-order valence-corrected chi connectivity index (χ3v) is 7.76. The highest BCUT2D eigenvalue weighted by Crippen LogP contribution is 2.35. The summed E-state index contributed by atoms with van der Waals surface area (Å²) < 4.78 is 31.3. The van der Waals surface area contributed by atoms with Crippen LogP contribution in [0.25, 0.3) is 0 Å². The van der Waals surface area contributed by atoms with Gasteiger partial charge in [0.15, 0.2) is 0 Å². The second-order valence-corrected chi connectivity index (χ2v) is 10.3. The molecule has 1 aromatic heterocycles. The summed E-state index contributed by atoms with van der Waals surface area (Å²) in [6, 6.07) is 12.3. The lowest BCUT2D eigenvalue weighted by Gasteiger charge is -2.37. The van der Waals surface area contributed by atoms with Gasteiger partial charge in [-0.2, -0.15) is 19.1 Å². The van der Waals surface area contributed by atoms with E-state index >= 15 is 0 Å². The van der Waals surface area contributed by atoms with Gasteiger partial charge in [0.1, 0.15) is 17.5 Å². The Bertz CT molecular complexity index is 1480. The molecule has 0 saturated carbocycles. The third-order valence-electron chi connectivity index (χ3n) is 7.43. The van der Waals surface area contributed by atoms with Crippen LogP contribution in [0, 0.1) is 11.3 Å². The molecule has 2 aliphatic heterocycles. The van der Waals surface area contributed by atoms with Crippen LogP contribution in [0.5, 0.6) is 5.75 Å². The molecule has 3 aromatic rings. The summed E-state index contributed by atoms with van der Waals surface area (Å²) in [6.45, 7) is 3.51. The normalized spacial score (nSPS) is 19.4. The molecule has 3 heterocycles. The molecule has 0 spiro atoms. The maximum atomic E-state index is 13.9. The summed E-state index contributed by atoms with van der Waals surface area (Å²) in [6.07, 6.45) is 0.487. The predicted molar refractivity (Wildman–Crippen MR) is 139 cm³/mol. The fourth-order valence-electron chi connectivity index (χ4n) is 5.31. The molecule has 2 amide bonds. The lowest BCUT2D eigenvalue weighted by atomic mass is 9.96. The smallest absolute Gasteiger partial charge is 0.387 e. The van der Waals surface area contributed by atoms with Crippen LogP contribution >= 0.6 is 11.6 Å². The molecule has 0 bridgehead atoms. The third kappa shape index (κ3) is 4.83.